The van der Waals surface area contributed by atoms with Gasteiger partial charge in [-0.25, -0.2) is 0 Å². The molecule has 0 fully saturated rings. The van der Waals surface area contributed by atoms with E-state index < -0.39 is 0 Å². The number of carbonyl (C=O) groups is 2. The van der Waals surface area contributed by atoms with Crippen LogP contribution in [0.1, 0.15) is 240 Å². The molecule has 0 atom stereocenters. The van der Waals surface area contributed by atoms with Crippen LogP contribution in [0.2, 0.25) is 0 Å². The molecule has 0 heterocycles. The number of nitrogens with one attached hydrogen (secondary N) is 2. The van der Waals surface area contributed by atoms with Crippen LogP contribution in [0.4, 0.5) is 0 Å². The Labute approximate surface area is 349 Å². The Morgan fingerprint density at radius 3 is 1.41 bits per heavy atom. The number of nitrogens with zero attached hydrogens (tertiary/aromatic N) is 1. The second-order valence-electron chi connectivity index (χ2n) is 16.7. The van der Waals surface area contributed by atoms with Crippen molar-refractivity contribution in [2.75, 3.05) is 46.4 Å². The second-order valence-corrected chi connectivity index (χ2v) is 16.7. The molecule has 0 spiro atoms. The predicted octanol–water partition coefficient (Wildman–Crippen LogP) is 13.6. The van der Waals surface area contributed by atoms with E-state index in [2.05, 4.69) is 49.3 Å². The Morgan fingerprint density at radius 1 is 0.518 bits per heavy atom. The number of hydrogen-bond acceptors (Lipinski definition) is 7. The van der Waals surface area contributed by atoms with Gasteiger partial charge in [0, 0.05) is 20.0 Å². The Kier molecular flexibility index (Phi) is 43.0. The average Bonchev–Trinajstić information content (AvgIpc) is 3.20. The molecule has 0 rings (SSSR count). The van der Waals surface area contributed by atoms with Crippen LogP contribution in [0.5, 0.6) is 0 Å². The van der Waals surface area contributed by atoms with Crippen LogP contribution in [-0.4, -0.2) is 63.3 Å². The van der Waals surface area contributed by atoms with Gasteiger partial charge in [-0.1, -0.05) is 175 Å². The molecule has 0 unspecified atom stereocenters. The van der Waals surface area contributed by atoms with Gasteiger partial charge >= 0.3 is 11.9 Å². The first-order valence-electron chi connectivity index (χ1n) is 24.6. The van der Waals surface area contributed by atoms with Crippen molar-refractivity contribution in [2.24, 2.45) is 5.92 Å². The monoisotopic (exact) mass is 792 g/mol. The van der Waals surface area contributed by atoms with E-state index >= 15 is 0 Å². The summed E-state index contributed by atoms with van der Waals surface area (Å²) in [5.41, 5.74) is 0. The molecule has 0 aliphatic carbocycles. The molecular weight excluding hydrogens is 695 g/mol. The highest BCUT2D eigenvalue weighted by Crippen LogP contribution is 2.21. The third-order valence-corrected chi connectivity index (χ3v) is 11.4. The fourth-order valence-electron chi connectivity index (χ4n) is 7.63. The van der Waals surface area contributed by atoms with E-state index in [-0.39, 0.29) is 17.9 Å². The first-order valence-corrected chi connectivity index (χ1v) is 24.6. The minimum absolute atomic E-state index is 0.0117. The molecule has 7 heteroatoms. The van der Waals surface area contributed by atoms with Crippen molar-refractivity contribution < 1.29 is 19.1 Å². The highest BCUT2D eigenvalue weighted by atomic mass is 16.5. The minimum atomic E-state index is -0.0117. The van der Waals surface area contributed by atoms with Crippen LogP contribution in [0.3, 0.4) is 0 Å². The molecular formula is C49H97N3O4. The zero-order valence-corrected chi connectivity index (χ0v) is 38.3. The summed E-state index contributed by atoms with van der Waals surface area (Å²) < 4.78 is 11.3. The van der Waals surface area contributed by atoms with Crippen molar-refractivity contribution in [1.82, 2.24) is 15.5 Å². The second kappa shape index (κ2) is 44.3. The highest BCUT2D eigenvalue weighted by Gasteiger charge is 2.19. The fraction of sp³-hybridized carbons (Fsp3) is 0.918. The fourth-order valence-corrected chi connectivity index (χ4v) is 7.63. The van der Waals surface area contributed by atoms with Crippen LogP contribution in [0.25, 0.3) is 0 Å². The molecule has 2 N–H and O–H groups in total. The van der Waals surface area contributed by atoms with Gasteiger partial charge < -0.3 is 25.0 Å². The van der Waals surface area contributed by atoms with E-state index in [4.69, 9.17) is 9.47 Å². The SMILES string of the molecule is C/C=C(\NC)NCCCN(CCCCCCCOC(=O)C(CCCCCCCC)CCCCCCCC)CCCCCCCC(=O)OCCCCCCCCC. The normalized spacial score (nSPS) is 11.8. The summed E-state index contributed by atoms with van der Waals surface area (Å²) in [4.78, 5) is 27.9. The number of unbranched alkanes of at least 4 members (excludes halogenated alkanes) is 24. The zero-order valence-electron chi connectivity index (χ0n) is 38.3. The molecule has 0 amide bonds. The maximum absolute atomic E-state index is 13.1. The van der Waals surface area contributed by atoms with Gasteiger partial charge in [0.2, 0.25) is 0 Å². The third kappa shape index (κ3) is 37.8. The van der Waals surface area contributed by atoms with E-state index in [1.54, 1.807) is 0 Å². The summed E-state index contributed by atoms with van der Waals surface area (Å²) in [5, 5.41) is 6.71. The van der Waals surface area contributed by atoms with Crippen molar-refractivity contribution in [3.05, 3.63) is 11.9 Å². The summed E-state index contributed by atoms with van der Waals surface area (Å²) in [6, 6.07) is 0. The average molecular weight is 792 g/mol. The van der Waals surface area contributed by atoms with Gasteiger partial charge in [0.25, 0.3) is 0 Å². The largest absolute Gasteiger partial charge is 0.466 e. The van der Waals surface area contributed by atoms with Gasteiger partial charge in [-0.05, 0) is 84.0 Å². The molecule has 332 valence electrons. The molecule has 0 bridgehead atoms. The summed E-state index contributed by atoms with van der Waals surface area (Å²) in [5.74, 6) is 1.26. The zero-order chi connectivity index (χ0) is 41.0. The maximum atomic E-state index is 13.1. The molecule has 0 aliphatic heterocycles. The Balaban J connectivity index is 4.35. The first kappa shape index (κ1) is 54.2. The summed E-state index contributed by atoms with van der Waals surface area (Å²) in [6.45, 7) is 14.4. The topological polar surface area (TPSA) is 79.9 Å². The maximum Gasteiger partial charge on any atom is 0.308 e. The van der Waals surface area contributed by atoms with E-state index in [0.29, 0.717) is 19.6 Å². The molecule has 7 nitrogen and oxygen atoms in total. The lowest BCUT2D eigenvalue weighted by atomic mass is 9.94. The molecule has 0 aromatic heterocycles. The van der Waals surface area contributed by atoms with Crippen LogP contribution in [0, 0.1) is 5.92 Å². The lowest BCUT2D eigenvalue weighted by molar-refractivity contribution is -0.149. The smallest absolute Gasteiger partial charge is 0.308 e. The van der Waals surface area contributed by atoms with Crippen LogP contribution in [-0.2, 0) is 19.1 Å². The van der Waals surface area contributed by atoms with E-state index in [0.717, 1.165) is 96.2 Å². The van der Waals surface area contributed by atoms with Crippen molar-refractivity contribution in [2.45, 2.75) is 240 Å². The number of rotatable bonds is 45. The molecule has 0 aromatic rings. The number of esters is 2. The van der Waals surface area contributed by atoms with Gasteiger partial charge in [0.1, 0.15) is 0 Å². The molecule has 56 heavy (non-hydrogen) atoms. The third-order valence-electron chi connectivity index (χ3n) is 11.4. The molecule has 0 aromatic carbocycles. The number of allylic oxidation sites excluding steroid dienone is 1. The van der Waals surface area contributed by atoms with Crippen molar-refractivity contribution in [3.63, 3.8) is 0 Å². The minimum Gasteiger partial charge on any atom is -0.466 e. The van der Waals surface area contributed by atoms with E-state index in [9.17, 15) is 9.59 Å². The van der Waals surface area contributed by atoms with Crippen LogP contribution in [0.15, 0.2) is 11.9 Å². The predicted molar refractivity (Wildman–Crippen MR) is 242 cm³/mol. The standard InChI is InChI=1S/C49H97N3O4/c1-6-10-13-16-19-27-34-44-55-48(53)39-31-24-20-25-32-41-52(43-36-40-51-47(9-4)50-5)42-33-26-21-28-35-45-56-49(54)46(37-29-22-17-14-11-7-2)38-30-23-18-15-12-8-3/h9,46,50-51H,6-8,10-45H2,1-5H3/b47-9+. The summed E-state index contributed by atoms with van der Waals surface area (Å²) in [7, 11) is 1.96. The van der Waals surface area contributed by atoms with Gasteiger partial charge in [-0.2, -0.15) is 0 Å². The number of hydrogen-bond donors (Lipinski definition) is 2. The molecule has 0 radical (unpaired) electrons. The number of ether oxygens (including phenoxy) is 2. The van der Waals surface area contributed by atoms with Gasteiger partial charge in [0.15, 0.2) is 0 Å². The quantitative estimate of drug-likeness (QED) is 0.0469. The first-order chi connectivity index (χ1) is 27.5. The summed E-state index contributed by atoms with van der Waals surface area (Å²) in [6.07, 6.45) is 41.3. The highest BCUT2D eigenvalue weighted by molar-refractivity contribution is 5.72. The Hall–Kier alpha value is -1.76. The van der Waals surface area contributed by atoms with Gasteiger partial charge in [0.05, 0.1) is 25.0 Å². The molecule has 0 saturated heterocycles. The Morgan fingerprint density at radius 2 is 0.929 bits per heavy atom. The van der Waals surface area contributed by atoms with Gasteiger partial charge in [-0.15, -0.1) is 0 Å². The summed E-state index contributed by atoms with van der Waals surface area (Å²) >= 11 is 0. The lowest BCUT2D eigenvalue weighted by Gasteiger charge is -2.23. The van der Waals surface area contributed by atoms with E-state index in [1.807, 2.05) is 7.05 Å². The van der Waals surface area contributed by atoms with Gasteiger partial charge in [-0.3, -0.25) is 9.59 Å². The van der Waals surface area contributed by atoms with Crippen molar-refractivity contribution >= 4 is 11.9 Å². The lowest BCUT2D eigenvalue weighted by Crippen LogP contribution is -2.31. The van der Waals surface area contributed by atoms with Crippen molar-refractivity contribution in [3.8, 4) is 0 Å². The molecule has 0 aliphatic rings. The number of carbonyl (C=O) groups excluding carboxylic acids is 2. The van der Waals surface area contributed by atoms with Crippen molar-refractivity contribution in [1.29, 1.82) is 0 Å². The van der Waals surface area contributed by atoms with E-state index in [1.165, 1.54) is 141 Å². The van der Waals surface area contributed by atoms with Crippen LogP contribution >= 0.6 is 0 Å². The Bertz CT molecular complexity index is 850. The molecule has 0 saturated carbocycles. The van der Waals surface area contributed by atoms with Crippen LogP contribution < -0.4 is 10.6 Å².